The van der Waals surface area contributed by atoms with Crippen LogP contribution in [0.1, 0.15) is 17.3 Å². The number of hydrogen-bond donors (Lipinski definition) is 0. The van der Waals surface area contributed by atoms with Gasteiger partial charge in [0.05, 0.1) is 12.7 Å². The lowest BCUT2D eigenvalue weighted by atomic mass is 10.2. The fraction of sp³-hybridized carbons (Fsp3) is 0.278. The van der Waals surface area contributed by atoms with Crippen LogP contribution in [0.4, 0.5) is 0 Å². The summed E-state index contributed by atoms with van der Waals surface area (Å²) in [6.45, 7) is 2.18. The molecule has 0 unspecified atom stereocenters. The molecule has 5 nitrogen and oxygen atoms in total. The van der Waals surface area contributed by atoms with E-state index in [0.717, 1.165) is 5.75 Å². The van der Waals surface area contributed by atoms with Gasteiger partial charge in [-0.2, -0.15) is 0 Å². The number of benzene rings is 2. The molecule has 0 aliphatic rings. The van der Waals surface area contributed by atoms with E-state index in [9.17, 15) is 4.79 Å². The highest BCUT2D eigenvalue weighted by atomic mass is 32.2. The lowest BCUT2D eigenvalue weighted by Crippen LogP contribution is -2.04. The normalized spacial score (nSPS) is 10.3. The number of ether oxygens (including phenoxy) is 4. The second kappa shape index (κ2) is 9.20. The van der Waals surface area contributed by atoms with E-state index in [1.54, 1.807) is 30.0 Å². The van der Waals surface area contributed by atoms with Crippen molar-refractivity contribution in [2.75, 3.05) is 26.8 Å². The quantitative estimate of drug-likeness (QED) is 0.401. The monoisotopic (exact) mass is 348 g/mol. The molecule has 0 bridgehead atoms. The van der Waals surface area contributed by atoms with Gasteiger partial charge in [-0.15, -0.1) is 11.8 Å². The molecule has 2 aromatic carbocycles. The van der Waals surface area contributed by atoms with Gasteiger partial charge in [-0.05, 0) is 42.2 Å². The maximum absolute atomic E-state index is 11.8. The summed E-state index contributed by atoms with van der Waals surface area (Å²) in [6, 6.07) is 12.7. The molecule has 0 heterocycles. The summed E-state index contributed by atoms with van der Waals surface area (Å²) in [5.41, 5.74) is 0.347. The van der Waals surface area contributed by atoms with Gasteiger partial charge in [0, 0.05) is 18.1 Å². The summed E-state index contributed by atoms with van der Waals surface area (Å²) < 4.78 is 20.9. The third kappa shape index (κ3) is 5.18. The summed E-state index contributed by atoms with van der Waals surface area (Å²) in [4.78, 5) is 13.0. The van der Waals surface area contributed by atoms with Crippen LogP contribution in [0.2, 0.25) is 0 Å². The van der Waals surface area contributed by atoms with Crippen LogP contribution in [0.25, 0.3) is 0 Å². The first kappa shape index (κ1) is 18.2. The molecule has 0 saturated carbocycles. The fourth-order valence-electron chi connectivity index (χ4n) is 1.98. The largest absolute Gasteiger partial charge is 0.467 e. The average molecular weight is 348 g/mol. The van der Waals surface area contributed by atoms with E-state index in [4.69, 9.17) is 18.9 Å². The number of esters is 1. The van der Waals surface area contributed by atoms with E-state index >= 15 is 0 Å². The highest BCUT2D eigenvalue weighted by molar-refractivity contribution is 7.99. The van der Waals surface area contributed by atoms with Crippen molar-refractivity contribution in [1.82, 2.24) is 0 Å². The first-order valence-electron chi connectivity index (χ1n) is 7.42. The van der Waals surface area contributed by atoms with Crippen molar-refractivity contribution in [3.05, 3.63) is 48.0 Å². The van der Waals surface area contributed by atoms with Crippen LogP contribution in [-0.4, -0.2) is 32.7 Å². The lowest BCUT2D eigenvalue weighted by Gasteiger charge is -2.11. The van der Waals surface area contributed by atoms with Gasteiger partial charge in [-0.3, -0.25) is 0 Å². The van der Waals surface area contributed by atoms with Crippen molar-refractivity contribution < 1.29 is 23.7 Å². The summed E-state index contributed by atoms with van der Waals surface area (Å²) in [5.74, 6) is 2.18. The predicted molar refractivity (Wildman–Crippen MR) is 93.2 cm³/mol. The highest BCUT2D eigenvalue weighted by Crippen LogP contribution is 2.29. The number of hydrogen-bond acceptors (Lipinski definition) is 6. The number of rotatable bonds is 8. The molecule has 2 aromatic rings. The van der Waals surface area contributed by atoms with E-state index in [2.05, 4.69) is 6.92 Å². The van der Waals surface area contributed by atoms with Gasteiger partial charge in [0.1, 0.15) is 17.2 Å². The van der Waals surface area contributed by atoms with Crippen molar-refractivity contribution in [2.24, 2.45) is 0 Å². The van der Waals surface area contributed by atoms with E-state index in [0.29, 0.717) is 22.8 Å². The van der Waals surface area contributed by atoms with E-state index in [1.807, 2.05) is 24.3 Å². The van der Waals surface area contributed by atoms with Gasteiger partial charge < -0.3 is 18.9 Å². The van der Waals surface area contributed by atoms with Gasteiger partial charge in [0.25, 0.3) is 0 Å². The Morgan fingerprint density at radius 3 is 2.33 bits per heavy atom. The SMILES string of the molecule is CCSc1ccc(Oc2cc(OCOC)cc(C(=O)OC)c2)cc1. The Morgan fingerprint density at radius 2 is 1.71 bits per heavy atom. The Kier molecular flexibility index (Phi) is 6.96. The van der Waals surface area contributed by atoms with Gasteiger partial charge in [0.15, 0.2) is 6.79 Å². The minimum Gasteiger partial charge on any atom is -0.467 e. The molecule has 0 spiro atoms. The van der Waals surface area contributed by atoms with Crippen molar-refractivity contribution >= 4 is 17.7 Å². The number of carbonyl (C=O) groups excluding carboxylic acids is 1. The Hall–Kier alpha value is -2.18. The molecule has 0 aliphatic heterocycles. The van der Waals surface area contributed by atoms with E-state index in [1.165, 1.54) is 19.1 Å². The second-order valence-corrected chi connectivity index (χ2v) is 6.08. The van der Waals surface area contributed by atoms with Crippen molar-refractivity contribution in [3.8, 4) is 17.2 Å². The fourth-order valence-corrected chi connectivity index (χ4v) is 2.65. The molecular weight excluding hydrogens is 328 g/mol. The third-order valence-electron chi connectivity index (χ3n) is 3.02. The zero-order valence-corrected chi connectivity index (χ0v) is 14.7. The lowest BCUT2D eigenvalue weighted by molar-refractivity contribution is 0.0502. The number of carbonyl (C=O) groups is 1. The van der Waals surface area contributed by atoms with Crippen molar-refractivity contribution in [3.63, 3.8) is 0 Å². The summed E-state index contributed by atoms with van der Waals surface area (Å²) >= 11 is 1.76. The molecule has 24 heavy (non-hydrogen) atoms. The molecule has 2 rings (SSSR count). The zero-order chi connectivity index (χ0) is 17.4. The Morgan fingerprint density at radius 1 is 1.00 bits per heavy atom. The number of methoxy groups -OCH3 is 2. The summed E-state index contributed by atoms with van der Waals surface area (Å²) in [5, 5.41) is 0. The second-order valence-electron chi connectivity index (χ2n) is 4.74. The summed E-state index contributed by atoms with van der Waals surface area (Å²) in [6.07, 6.45) is 0. The minimum atomic E-state index is -0.461. The van der Waals surface area contributed by atoms with E-state index < -0.39 is 5.97 Å². The highest BCUT2D eigenvalue weighted by Gasteiger charge is 2.11. The van der Waals surface area contributed by atoms with Crippen LogP contribution in [0.5, 0.6) is 17.2 Å². The van der Waals surface area contributed by atoms with Crippen LogP contribution < -0.4 is 9.47 Å². The van der Waals surface area contributed by atoms with Gasteiger partial charge in [-0.1, -0.05) is 6.92 Å². The molecule has 0 aliphatic carbocycles. The Balaban J connectivity index is 2.22. The van der Waals surface area contributed by atoms with Crippen LogP contribution in [0.15, 0.2) is 47.4 Å². The zero-order valence-electron chi connectivity index (χ0n) is 13.9. The van der Waals surface area contributed by atoms with Gasteiger partial charge in [0.2, 0.25) is 0 Å². The standard InChI is InChI=1S/C18H20O5S/c1-4-24-17-7-5-14(6-8-17)23-16-10-13(18(19)21-3)9-15(11-16)22-12-20-2/h5-11H,4,12H2,1-3H3. The minimum absolute atomic E-state index is 0.0764. The average Bonchev–Trinajstić information content (AvgIpc) is 2.61. The molecule has 0 atom stereocenters. The smallest absolute Gasteiger partial charge is 0.338 e. The molecule has 0 saturated heterocycles. The first-order chi connectivity index (χ1) is 11.7. The van der Waals surface area contributed by atoms with E-state index in [-0.39, 0.29) is 6.79 Å². The van der Waals surface area contributed by atoms with Crippen LogP contribution in [0, 0.1) is 0 Å². The van der Waals surface area contributed by atoms with Gasteiger partial charge >= 0.3 is 5.97 Å². The van der Waals surface area contributed by atoms with Crippen molar-refractivity contribution in [2.45, 2.75) is 11.8 Å². The molecular formula is C18H20O5S. The molecule has 6 heteroatoms. The predicted octanol–water partition coefficient (Wildman–Crippen LogP) is 4.36. The topological polar surface area (TPSA) is 54.0 Å². The van der Waals surface area contributed by atoms with Crippen molar-refractivity contribution in [1.29, 1.82) is 0 Å². The molecule has 0 radical (unpaired) electrons. The van der Waals surface area contributed by atoms with Gasteiger partial charge in [-0.25, -0.2) is 4.79 Å². The van der Waals surface area contributed by atoms with Crippen LogP contribution >= 0.6 is 11.8 Å². The Labute approximate surface area is 145 Å². The number of thioether (sulfide) groups is 1. The maximum atomic E-state index is 11.8. The summed E-state index contributed by atoms with van der Waals surface area (Å²) in [7, 11) is 2.85. The molecule has 0 fully saturated rings. The van der Waals surface area contributed by atoms with Crippen LogP contribution in [-0.2, 0) is 9.47 Å². The molecule has 128 valence electrons. The Bertz CT molecular complexity index is 670. The van der Waals surface area contributed by atoms with Crippen LogP contribution in [0.3, 0.4) is 0 Å². The molecule has 0 N–H and O–H groups in total. The molecule has 0 aromatic heterocycles. The molecule has 0 amide bonds. The third-order valence-corrected chi connectivity index (χ3v) is 3.91. The maximum Gasteiger partial charge on any atom is 0.338 e. The first-order valence-corrected chi connectivity index (χ1v) is 8.40.